The van der Waals surface area contributed by atoms with Gasteiger partial charge in [0.2, 0.25) is 0 Å². The molecule has 1 saturated carbocycles. The zero-order valence-electron chi connectivity index (χ0n) is 7.82. The normalized spacial score (nSPS) is 17.3. The quantitative estimate of drug-likeness (QED) is 0.863. The molecule has 0 aliphatic heterocycles. The van der Waals surface area contributed by atoms with Gasteiger partial charge in [0.1, 0.15) is 4.60 Å². The summed E-state index contributed by atoms with van der Waals surface area (Å²) in [6, 6.07) is 4.17. The first-order valence-electron chi connectivity index (χ1n) is 4.63. The fourth-order valence-electron chi connectivity index (χ4n) is 1.46. The summed E-state index contributed by atoms with van der Waals surface area (Å²) in [7, 11) is 0. The molecular formula is C10H14BrClN2. The van der Waals surface area contributed by atoms with Crippen LogP contribution in [0.1, 0.15) is 30.9 Å². The summed E-state index contributed by atoms with van der Waals surface area (Å²) >= 11 is 3.31. The lowest BCUT2D eigenvalue weighted by Crippen LogP contribution is -2.11. The van der Waals surface area contributed by atoms with E-state index in [1.807, 2.05) is 18.3 Å². The van der Waals surface area contributed by atoms with Crippen molar-refractivity contribution in [2.45, 2.75) is 25.3 Å². The summed E-state index contributed by atoms with van der Waals surface area (Å²) in [4.78, 5) is 4.16. The maximum atomic E-state index is 6.03. The molecule has 0 spiro atoms. The minimum atomic E-state index is 0. The molecule has 1 aromatic heterocycles. The van der Waals surface area contributed by atoms with Gasteiger partial charge in [-0.3, -0.25) is 0 Å². The Balaban J connectivity index is 0.000000980. The second-order valence-electron chi connectivity index (χ2n) is 3.70. The van der Waals surface area contributed by atoms with Crippen LogP contribution in [0.4, 0.5) is 0 Å². The van der Waals surface area contributed by atoms with Gasteiger partial charge in [0.05, 0.1) is 0 Å². The molecular weight excluding hydrogens is 263 g/mol. The summed E-state index contributed by atoms with van der Waals surface area (Å²) in [5.74, 6) is 0.874. The van der Waals surface area contributed by atoms with Crippen molar-refractivity contribution in [3.05, 3.63) is 28.5 Å². The number of nitrogens with two attached hydrogens (primary N) is 1. The Morgan fingerprint density at radius 1 is 1.50 bits per heavy atom. The van der Waals surface area contributed by atoms with Gasteiger partial charge in [-0.25, -0.2) is 4.98 Å². The molecule has 1 heterocycles. The Hall–Kier alpha value is -0.120. The Kier molecular flexibility index (Phi) is 4.35. The van der Waals surface area contributed by atoms with E-state index in [4.69, 9.17) is 5.73 Å². The Morgan fingerprint density at radius 2 is 2.21 bits per heavy atom. The molecule has 1 aliphatic rings. The van der Waals surface area contributed by atoms with E-state index in [0.29, 0.717) is 0 Å². The van der Waals surface area contributed by atoms with Crippen LogP contribution in [0.15, 0.2) is 22.9 Å². The number of aromatic nitrogens is 1. The second kappa shape index (κ2) is 5.10. The number of rotatable bonds is 3. The predicted octanol–water partition coefficient (Wildman–Crippen LogP) is 3.07. The van der Waals surface area contributed by atoms with Gasteiger partial charge >= 0.3 is 0 Å². The fraction of sp³-hybridized carbons (Fsp3) is 0.500. The maximum absolute atomic E-state index is 6.03. The number of hydrogen-bond acceptors (Lipinski definition) is 2. The smallest absolute Gasteiger partial charge is 0.106 e. The van der Waals surface area contributed by atoms with Crippen molar-refractivity contribution < 1.29 is 0 Å². The zero-order valence-corrected chi connectivity index (χ0v) is 10.2. The topological polar surface area (TPSA) is 38.9 Å². The van der Waals surface area contributed by atoms with Crippen LogP contribution in [0.2, 0.25) is 0 Å². The molecule has 0 radical (unpaired) electrons. The number of pyridine rings is 1. The van der Waals surface area contributed by atoms with Gasteiger partial charge in [0.15, 0.2) is 0 Å². The van der Waals surface area contributed by atoms with E-state index in [1.54, 1.807) is 0 Å². The third kappa shape index (κ3) is 3.23. The molecule has 4 heteroatoms. The average Bonchev–Trinajstić information content (AvgIpc) is 2.89. The van der Waals surface area contributed by atoms with E-state index in [2.05, 4.69) is 20.9 Å². The van der Waals surface area contributed by atoms with Crippen molar-refractivity contribution in [1.82, 2.24) is 4.98 Å². The molecule has 78 valence electrons. The Labute approximate surface area is 98.8 Å². The molecule has 14 heavy (non-hydrogen) atoms. The van der Waals surface area contributed by atoms with Crippen LogP contribution in [0, 0.1) is 5.92 Å². The van der Waals surface area contributed by atoms with Crippen LogP contribution in [0.5, 0.6) is 0 Å². The van der Waals surface area contributed by atoms with Crippen LogP contribution in [0.25, 0.3) is 0 Å². The Morgan fingerprint density at radius 3 is 2.71 bits per heavy atom. The SMILES string of the molecule is Cl.N[C@H](CC1CC1)c1ccc(Br)nc1. The molecule has 0 unspecified atom stereocenters. The predicted molar refractivity (Wildman–Crippen MR) is 63.5 cm³/mol. The van der Waals surface area contributed by atoms with E-state index in [-0.39, 0.29) is 18.4 Å². The monoisotopic (exact) mass is 276 g/mol. The first-order chi connectivity index (χ1) is 6.25. The molecule has 1 aromatic rings. The molecule has 0 aromatic carbocycles. The summed E-state index contributed by atoms with van der Waals surface area (Å²) in [5.41, 5.74) is 7.18. The summed E-state index contributed by atoms with van der Waals surface area (Å²) in [6.07, 6.45) is 5.69. The summed E-state index contributed by atoms with van der Waals surface area (Å²) in [5, 5.41) is 0. The minimum absolute atomic E-state index is 0. The number of hydrogen-bond donors (Lipinski definition) is 1. The van der Waals surface area contributed by atoms with E-state index in [0.717, 1.165) is 22.5 Å². The van der Waals surface area contributed by atoms with Crippen molar-refractivity contribution >= 4 is 28.3 Å². The van der Waals surface area contributed by atoms with Crippen LogP contribution < -0.4 is 5.73 Å². The zero-order chi connectivity index (χ0) is 9.26. The lowest BCUT2D eigenvalue weighted by molar-refractivity contribution is 0.595. The van der Waals surface area contributed by atoms with Gasteiger partial charge < -0.3 is 5.73 Å². The van der Waals surface area contributed by atoms with Crippen LogP contribution in [-0.2, 0) is 0 Å². The van der Waals surface area contributed by atoms with Crippen molar-refractivity contribution in [3.63, 3.8) is 0 Å². The van der Waals surface area contributed by atoms with Crippen molar-refractivity contribution in [2.24, 2.45) is 11.7 Å². The van der Waals surface area contributed by atoms with Gasteiger partial charge in [0.25, 0.3) is 0 Å². The Bertz CT molecular complexity index is 285. The molecule has 2 rings (SSSR count). The largest absolute Gasteiger partial charge is 0.324 e. The number of nitrogens with zero attached hydrogens (tertiary/aromatic N) is 1. The highest BCUT2D eigenvalue weighted by atomic mass is 79.9. The molecule has 1 aliphatic carbocycles. The van der Waals surface area contributed by atoms with E-state index in [1.165, 1.54) is 12.8 Å². The molecule has 0 amide bonds. The third-order valence-corrected chi connectivity index (χ3v) is 2.93. The fourth-order valence-corrected chi connectivity index (χ4v) is 1.69. The first kappa shape index (κ1) is 12.0. The van der Waals surface area contributed by atoms with Gasteiger partial charge in [-0.2, -0.15) is 0 Å². The van der Waals surface area contributed by atoms with E-state index < -0.39 is 0 Å². The lowest BCUT2D eigenvalue weighted by atomic mass is 10.0. The standard InChI is InChI=1S/C10H13BrN2.ClH/c11-10-4-3-8(6-13-10)9(12)5-7-1-2-7;/h3-4,6-7,9H,1-2,5,12H2;1H/t9-;/m1./s1. The summed E-state index contributed by atoms with van der Waals surface area (Å²) < 4.78 is 0.870. The van der Waals surface area contributed by atoms with E-state index in [9.17, 15) is 0 Å². The molecule has 1 fully saturated rings. The van der Waals surface area contributed by atoms with Gasteiger partial charge in [-0.15, -0.1) is 12.4 Å². The molecule has 2 nitrogen and oxygen atoms in total. The van der Waals surface area contributed by atoms with Crippen LogP contribution in [0.3, 0.4) is 0 Å². The average molecular weight is 278 g/mol. The number of halogens is 2. The minimum Gasteiger partial charge on any atom is -0.324 e. The molecule has 1 atom stereocenters. The maximum Gasteiger partial charge on any atom is 0.106 e. The van der Waals surface area contributed by atoms with Crippen molar-refractivity contribution in [2.75, 3.05) is 0 Å². The van der Waals surface area contributed by atoms with Gasteiger partial charge in [-0.1, -0.05) is 18.9 Å². The lowest BCUT2D eigenvalue weighted by Gasteiger charge is -2.10. The van der Waals surface area contributed by atoms with Gasteiger partial charge in [-0.05, 0) is 39.9 Å². The van der Waals surface area contributed by atoms with Crippen LogP contribution in [-0.4, -0.2) is 4.98 Å². The summed E-state index contributed by atoms with van der Waals surface area (Å²) in [6.45, 7) is 0. The first-order valence-corrected chi connectivity index (χ1v) is 5.42. The highest BCUT2D eigenvalue weighted by Gasteiger charge is 2.24. The van der Waals surface area contributed by atoms with Crippen molar-refractivity contribution in [3.8, 4) is 0 Å². The molecule has 0 saturated heterocycles. The second-order valence-corrected chi connectivity index (χ2v) is 4.51. The molecule has 2 N–H and O–H groups in total. The third-order valence-electron chi connectivity index (χ3n) is 2.46. The van der Waals surface area contributed by atoms with E-state index >= 15 is 0 Å². The van der Waals surface area contributed by atoms with Crippen LogP contribution >= 0.6 is 28.3 Å². The van der Waals surface area contributed by atoms with Gasteiger partial charge in [0, 0.05) is 12.2 Å². The highest BCUT2D eigenvalue weighted by molar-refractivity contribution is 9.10. The molecule has 0 bridgehead atoms. The van der Waals surface area contributed by atoms with Crippen molar-refractivity contribution in [1.29, 1.82) is 0 Å². The highest BCUT2D eigenvalue weighted by Crippen LogP contribution is 2.36.